The third-order valence-corrected chi connectivity index (χ3v) is 9.89. The molecule has 0 aromatic heterocycles. The van der Waals surface area contributed by atoms with Crippen molar-refractivity contribution in [3.8, 4) is 0 Å². The lowest BCUT2D eigenvalue weighted by molar-refractivity contribution is 0.0280. The van der Waals surface area contributed by atoms with Gasteiger partial charge in [0.15, 0.2) is 8.32 Å². The molecule has 2 atom stereocenters. The number of nitrogens with zero attached hydrogens (tertiary/aromatic N) is 2. The van der Waals surface area contributed by atoms with Crippen LogP contribution in [0.5, 0.6) is 0 Å². The van der Waals surface area contributed by atoms with Crippen LogP contribution in [0.3, 0.4) is 0 Å². The number of likely N-dealkylation sites (N-methyl/N-ethyl adjacent to an activating group) is 2. The van der Waals surface area contributed by atoms with Gasteiger partial charge < -0.3 is 14.4 Å². The molecule has 4 nitrogen and oxygen atoms in total. The zero-order valence-corrected chi connectivity index (χ0v) is 18.4. The Hall–Kier alpha value is -0.723. The first kappa shape index (κ1) is 22.3. The van der Waals surface area contributed by atoms with Gasteiger partial charge in [-0.1, -0.05) is 51.1 Å². The highest BCUT2D eigenvalue weighted by Gasteiger charge is 2.38. The fourth-order valence-electron chi connectivity index (χ4n) is 2.37. The van der Waals surface area contributed by atoms with Gasteiger partial charge in [-0.25, -0.2) is 0 Å². The lowest BCUT2D eigenvalue weighted by Crippen LogP contribution is -2.48. The molecular formula is C20H38N2O2Si. The van der Waals surface area contributed by atoms with Crippen molar-refractivity contribution in [1.82, 2.24) is 9.80 Å². The molecule has 5 heteroatoms. The zero-order chi connectivity index (χ0) is 19.3. The highest BCUT2D eigenvalue weighted by molar-refractivity contribution is 6.74. The largest absolute Gasteiger partial charge is 0.415 e. The monoisotopic (exact) mass is 366 g/mol. The predicted octanol–water partition coefficient (Wildman–Crippen LogP) is 3.60. The second-order valence-electron chi connectivity index (χ2n) is 8.78. The van der Waals surface area contributed by atoms with E-state index in [2.05, 4.69) is 64.8 Å². The third kappa shape index (κ3) is 6.83. The maximum atomic E-state index is 11.0. The normalized spacial score (nSPS) is 15.6. The predicted molar refractivity (Wildman–Crippen MR) is 110 cm³/mol. The average molecular weight is 367 g/mol. The van der Waals surface area contributed by atoms with Gasteiger partial charge >= 0.3 is 0 Å². The van der Waals surface area contributed by atoms with Crippen molar-refractivity contribution in [2.45, 2.75) is 51.0 Å². The van der Waals surface area contributed by atoms with E-state index in [1.54, 1.807) is 0 Å². The second kappa shape index (κ2) is 9.28. The summed E-state index contributed by atoms with van der Waals surface area (Å²) in [7, 11) is 4.37. The summed E-state index contributed by atoms with van der Waals surface area (Å²) in [5.74, 6) is 0. The molecule has 0 heterocycles. The topological polar surface area (TPSA) is 35.9 Å². The van der Waals surface area contributed by atoms with E-state index in [4.69, 9.17) is 4.43 Å². The molecule has 0 saturated heterocycles. The van der Waals surface area contributed by atoms with E-state index in [1.807, 2.05) is 30.3 Å². The molecule has 0 aliphatic carbocycles. The molecule has 144 valence electrons. The van der Waals surface area contributed by atoms with Gasteiger partial charge in [0.1, 0.15) is 0 Å². The first-order valence-electron chi connectivity index (χ1n) is 9.17. The van der Waals surface area contributed by atoms with E-state index in [1.165, 1.54) is 0 Å². The van der Waals surface area contributed by atoms with Gasteiger partial charge in [0, 0.05) is 13.1 Å². The Morgan fingerprint density at radius 2 is 1.60 bits per heavy atom. The first-order valence-corrected chi connectivity index (χ1v) is 12.1. The summed E-state index contributed by atoms with van der Waals surface area (Å²) in [5, 5.41) is 11.2. The Labute approximate surface area is 155 Å². The Balaban J connectivity index is 2.91. The van der Waals surface area contributed by atoms with Crippen molar-refractivity contribution >= 4 is 8.32 Å². The Morgan fingerprint density at radius 3 is 2.08 bits per heavy atom. The van der Waals surface area contributed by atoms with Gasteiger partial charge in [-0.15, -0.1) is 0 Å². The molecule has 1 aromatic carbocycles. The highest BCUT2D eigenvalue weighted by atomic mass is 28.4. The fraction of sp³-hybridized carbons (Fsp3) is 0.700. The minimum Gasteiger partial charge on any atom is -0.415 e. The fourth-order valence-corrected chi connectivity index (χ4v) is 3.39. The number of benzene rings is 1. The lowest BCUT2D eigenvalue weighted by atomic mass is 10.0. The minimum atomic E-state index is -1.85. The standard InChI is InChI=1S/C20H38N2O2Si/c1-20(2,3)25(7,8)24-16-18(22(6)15-14-21(4)5)19(23)17-12-10-9-11-13-17/h9-13,18-19,23H,14-16H2,1-8H3/t18-,19+/m1/s1. The van der Waals surface area contributed by atoms with E-state index in [9.17, 15) is 5.11 Å². The third-order valence-electron chi connectivity index (χ3n) is 5.39. The number of rotatable bonds is 9. The van der Waals surface area contributed by atoms with Gasteiger partial charge in [0.2, 0.25) is 0 Å². The van der Waals surface area contributed by atoms with Crippen LogP contribution in [0, 0.1) is 0 Å². The van der Waals surface area contributed by atoms with E-state index < -0.39 is 14.4 Å². The molecule has 0 spiro atoms. The van der Waals surface area contributed by atoms with Crippen molar-refractivity contribution in [3.05, 3.63) is 35.9 Å². The molecule has 0 fully saturated rings. The lowest BCUT2D eigenvalue weighted by Gasteiger charge is -2.40. The summed E-state index contributed by atoms with van der Waals surface area (Å²) < 4.78 is 6.45. The smallest absolute Gasteiger partial charge is 0.192 e. The van der Waals surface area contributed by atoms with Gasteiger partial charge in [-0.2, -0.15) is 0 Å². The van der Waals surface area contributed by atoms with Crippen LogP contribution in [0.2, 0.25) is 18.1 Å². The van der Waals surface area contributed by atoms with E-state index in [0.29, 0.717) is 6.61 Å². The summed E-state index contributed by atoms with van der Waals surface area (Å²) in [4.78, 5) is 4.39. The van der Waals surface area contributed by atoms with Crippen LogP contribution in [-0.2, 0) is 4.43 Å². The Morgan fingerprint density at radius 1 is 1.04 bits per heavy atom. The van der Waals surface area contributed by atoms with Crippen LogP contribution in [0.25, 0.3) is 0 Å². The molecule has 1 aromatic rings. The zero-order valence-electron chi connectivity index (χ0n) is 17.4. The van der Waals surface area contributed by atoms with Crippen LogP contribution in [0.15, 0.2) is 30.3 Å². The van der Waals surface area contributed by atoms with Gasteiger partial charge in [0.05, 0.1) is 18.8 Å². The number of hydrogen-bond acceptors (Lipinski definition) is 4. The molecule has 1 rings (SSSR count). The summed E-state index contributed by atoms with van der Waals surface area (Å²) in [6, 6.07) is 9.85. The molecule has 0 saturated carbocycles. The summed E-state index contributed by atoms with van der Waals surface area (Å²) in [6.07, 6.45) is -0.557. The first-order chi connectivity index (χ1) is 11.5. The van der Waals surface area contributed by atoms with Crippen molar-refractivity contribution < 1.29 is 9.53 Å². The molecule has 25 heavy (non-hydrogen) atoms. The average Bonchev–Trinajstić information content (AvgIpc) is 2.52. The number of hydrogen-bond donors (Lipinski definition) is 1. The summed E-state index contributed by atoms with van der Waals surface area (Å²) in [5.41, 5.74) is 0.947. The van der Waals surface area contributed by atoms with Gasteiger partial charge in [-0.05, 0) is 44.8 Å². The molecule has 0 unspecified atom stereocenters. The molecular weight excluding hydrogens is 328 g/mol. The number of aliphatic hydroxyl groups is 1. The van der Waals surface area contributed by atoms with Crippen molar-refractivity contribution in [1.29, 1.82) is 0 Å². The highest BCUT2D eigenvalue weighted by Crippen LogP contribution is 2.37. The second-order valence-corrected chi connectivity index (χ2v) is 13.6. The van der Waals surface area contributed by atoms with Crippen LogP contribution < -0.4 is 0 Å². The van der Waals surface area contributed by atoms with Crippen LogP contribution in [0.1, 0.15) is 32.4 Å². The molecule has 0 radical (unpaired) electrons. The Kier molecular flexibility index (Phi) is 8.29. The van der Waals surface area contributed by atoms with Crippen LogP contribution in [0.4, 0.5) is 0 Å². The molecule has 0 bridgehead atoms. The van der Waals surface area contributed by atoms with Crippen molar-refractivity contribution in [3.63, 3.8) is 0 Å². The van der Waals surface area contributed by atoms with Gasteiger partial charge in [-0.3, -0.25) is 4.90 Å². The quantitative estimate of drug-likeness (QED) is 0.677. The van der Waals surface area contributed by atoms with E-state index >= 15 is 0 Å². The van der Waals surface area contributed by atoms with Crippen LogP contribution in [-0.4, -0.2) is 70.1 Å². The van der Waals surface area contributed by atoms with Crippen molar-refractivity contribution in [2.24, 2.45) is 0 Å². The molecule has 0 aliphatic rings. The summed E-state index contributed by atoms with van der Waals surface area (Å²) in [6.45, 7) is 13.7. The van der Waals surface area contributed by atoms with Crippen LogP contribution >= 0.6 is 0 Å². The molecule has 0 amide bonds. The number of aliphatic hydroxyl groups excluding tert-OH is 1. The maximum absolute atomic E-state index is 11.0. The minimum absolute atomic E-state index is 0.0588. The van der Waals surface area contributed by atoms with Gasteiger partial charge in [0.25, 0.3) is 0 Å². The van der Waals surface area contributed by atoms with Crippen molar-refractivity contribution in [2.75, 3.05) is 40.8 Å². The SMILES string of the molecule is CN(C)CCN(C)[C@H](CO[Si](C)(C)C(C)(C)C)[C@@H](O)c1ccccc1. The Bertz CT molecular complexity index is 500. The van der Waals surface area contributed by atoms with E-state index in [0.717, 1.165) is 18.7 Å². The van der Waals surface area contributed by atoms with E-state index in [-0.39, 0.29) is 11.1 Å². The molecule has 0 aliphatic heterocycles. The maximum Gasteiger partial charge on any atom is 0.192 e. The summed E-state index contributed by atoms with van der Waals surface area (Å²) >= 11 is 0. The molecule has 1 N–H and O–H groups in total.